The first-order valence-electron chi connectivity index (χ1n) is 5.81. The minimum absolute atomic E-state index is 0.00359. The molecule has 6 nitrogen and oxygen atoms in total. The van der Waals surface area contributed by atoms with Crippen molar-refractivity contribution in [2.75, 3.05) is 6.54 Å². The van der Waals surface area contributed by atoms with Gasteiger partial charge in [0.15, 0.2) is 0 Å². The number of nitrogens with zero attached hydrogens (tertiary/aromatic N) is 1. The van der Waals surface area contributed by atoms with Gasteiger partial charge in [-0.15, -0.1) is 0 Å². The Bertz CT molecular complexity index is 364. The Morgan fingerprint density at radius 2 is 2.12 bits per heavy atom. The number of rotatable bonds is 4. The van der Waals surface area contributed by atoms with E-state index in [2.05, 4.69) is 5.32 Å². The van der Waals surface area contributed by atoms with E-state index in [1.807, 2.05) is 0 Å². The summed E-state index contributed by atoms with van der Waals surface area (Å²) in [4.78, 5) is 35.5. The highest BCUT2D eigenvalue weighted by Gasteiger charge is 2.39. The van der Waals surface area contributed by atoms with E-state index < -0.39 is 17.9 Å². The van der Waals surface area contributed by atoms with Gasteiger partial charge >= 0.3 is 5.97 Å². The van der Waals surface area contributed by atoms with Crippen LogP contribution in [-0.4, -0.2) is 46.4 Å². The second kappa shape index (κ2) is 4.35. The van der Waals surface area contributed by atoms with Crippen molar-refractivity contribution in [3.8, 4) is 0 Å². The third kappa shape index (κ3) is 2.57. The van der Waals surface area contributed by atoms with Crippen LogP contribution in [0.4, 0.5) is 0 Å². The Hall–Kier alpha value is -1.59. The molecule has 6 heteroatoms. The Kier molecular flexibility index (Phi) is 3.04. The van der Waals surface area contributed by atoms with Gasteiger partial charge in [-0.2, -0.15) is 0 Å². The molecule has 1 aliphatic carbocycles. The van der Waals surface area contributed by atoms with Crippen molar-refractivity contribution in [3.63, 3.8) is 0 Å². The van der Waals surface area contributed by atoms with Gasteiger partial charge in [-0.3, -0.25) is 14.4 Å². The molecule has 2 atom stereocenters. The number of hydrogen-bond acceptors (Lipinski definition) is 3. The van der Waals surface area contributed by atoms with Crippen LogP contribution in [0.5, 0.6) is 0 Å². The SMILES string of the molecule is CC(C(=O)NC1CC1)N1CC(C(=O)O)CC1=O. The standard InChI is InChI=1S/C11H16N2O4/c1-6(10(15)12-8-2-3-8)13-5-7(11(16)17)4-9(13)14/h6-8H,2-5H2,1H3,(H,12,15)(H,16,17). The fourth-order valence-electron chi connectivity index (χ4n) is 1.96. The van der Waals surface area contributed by atoms with Gasteiger partial charge < -0.3 is 15.3 Å². The first-order chi connectivity index (χ1) is 7.99. The zero-order valence-electron chi connectivity index (χ0n) is 9.68. The van der Waals surface area contributed by atoms with Crippen molar-refractivity contribution in [1.82, 2.24) is 10.2 Å². The summed E-state index contributed by atoms with van der Waals surface area (Å²) < 4.78 is 0. The number of carboxylic acid groups (broad SMARTS) is 1. The summed E-state index contributed by atoms with van der Waals surface area (Å²) in [6, 6.07) is -0.328. The maximum Gasteiger partial charge on any atom is 0.308 e. The molecular weight excluding hydrogens is 224 g/mol. The van der Waals surface area contributed by atoms with Crippen molar-refractivity contribution in [2.45, 2.75) is 38.3 Å². The lowest BCUT2D eigenvalue weighted by Crippen LogP contribution is -2.46. The highest BCUT2D eigenvalue weighted by atomic mass is 16.4. The lowest BCUT2D eigenvalue weighted by Gasteiger charge is -2.23. The van der Waals surface area contributed by atoms with Gasteiger partial charge in [-0.1, -0.05) is 0 Å². The van der Waals surface area contributed by atoms with E-state index >= 15 is 0 Å². The third-order valence-corrected chi connectivity index (χ3v) is 3.28. The van der Waals surface area contributed by atoms with Crippen LogP contribution in [0, 0.1) is 5.92 Å². The molecule has 1 saturated heterocycles. The molecule has 17 heavy (non-hydrogen) atoms. The van der Waals surface area contributed by atoms with E-state index in [-0.39, 0.29) is 30.8 Å². The molecule has 2 fully saturated rings. The topological polar surface area (TPSA) is 86.7 Å². The third-order valence-electron chi connectivity index (χ3n) is 3.28. The van der Waals surface area contributed by atoms with Gasteiger partial charge in [-0.05, 0) is 19.8 Å². The number of carboxylic acids is 1. The molecule has 1 aliphatic heterocycles. The smallest absolute Gasteiger partial charge is 0.308 e. The van der Waals surface area contributed by atoms with Gasteiger partial charge in [0.2, 0.25) is 11.8 Å². The summed E-state index contributed by atoms with van der Waals surface area (Å²) in [5.41, 5.74) is 0. The number of aliphatic carboxylic acids is 1. The van der Waals surface area contributed by atoms with Gasteiger partial charge in [0.05, 0.1) is 5.92 Å². The molecular formula is C11H16N2O4. The first-order valence-corrected chi connectivity index (χ1v) is 5.81. The van der Waals surface area contributed by atoms with Crippen LogP contribution in [0.2, 0.25) is 0 Å². The molecule has 0 spiro atoms. The van der Waals surface area contributed by atoms with Gasteiger partial charge in [-0.25, -0.2) is 0 Å². The Morgan fingerprint density at radius 3 is 2.59 bits per heavy atom. The summed E-state index contributed by atoms with van der Waals surface area (Å²) in [5, 5.41) is 11.7. The fraction of sp³-hybridized carbons (Fsp3) is 0.727. The van der Waals surface area contributed by atoms with E-state index in [9.17, 15) is 14.4 Å². The summed E-state index contributed by atoms with van der Waals surface area (Å²) >= 11 is 0. The molecule has 2 amide bonds. The van der Waals surface area contributed by atoms with Crippen molar-refractivity contribution >= 4 is 17.8 Å². The molecule has 1 heterocycles. The minimum atomic E-state index is -0.976. The average molecular weight is 240 g/mol. The summed E-state index contributed by atoms with van der Waals surface area (Å²) in [6.07, 6.45) is 1.98. The number of amides is 2. The largest absolute Gasteiger partial charge is 0.481 e. The summed E-state index contributed by atoms with van der Waals surface area (Å²) in [5.74, 6) is -2.10. The van der Waals surface area contributed by atoms with E-state index in [4.69, 9.17) is 5.11 Å². The quantitative estimate of drug-likeness (QED) is 0.699. The molecule has 2 rings (SSSR count). The van der Waals surface area contributed by atoms with Gasteiger partial charge in [0.25, 0.3) is 0 Å². The van der Waals surface area contributed by atoms with E-state index in [0.29, 0.717) is 0 Å². The monoisotopic (exact) mass is 240 g/mol. The number of hydrogen-bond donors (Lipinski definition) is 2. The Balaban J connectivity index is 1.94. The maximum atomic E-state index is 11.8. The lowest BCUT2D eigenvalue weighted by atomic mass is 10.1. The van der Waals surface area contributed by atoms with Crippen molar-refractivity contribution in [2.24, 2.45) is 5.92 Å². The Morgan fingerprint density at radius 1 is 1.47 bits per heavy atom. The molecule has 2 aliphatic rings. The fourth-order valence-corrected chi connectivity index (χ4v) is 1.96. The summed E-state index contributed by atoms with van der Waals surface area (Å²) in [7, 11) is 0. The molecule has 2 unspecified atom stereocenters. The zero-order chi connectivity index (χ0) is 12.6. The van der Waals surface area contributed by atoms with E-state index in [0.717, 1.165) is 12.8 Å². The van der Waals surface area contributed by atoms with E-state index in [1.165, 1.54) is 4.90 Å². The maximum absolute atomic E-state index is 11.8. The van der Waals surface area contributed by atoms with Crippen LogP contribution in [-0.2, 0) is 14.4 Å². The second-order valence-electron chi connectivity index (χ2n) is 4.74. The predicted molar refractivity (Wildman–Crippen MR) is 58.1 cm³/mol. The minimum Gasteiger partial charge on any atom is -0.481 e. The predicted octanol–water partition coefficient (Wildman–Crippen LogP) is -0.413. The number of likely N-dealkylation sites (tertiary alicyclic amines) is 1. The first kappa shape index (κ1) is 11.9. The number of nitrogens with one attached hydrogen (secondary N) is 1. The molecule has 0 aromatic carbocycles. The van der Waals surface area contributed by atoms with Crippen LogP contribution in [0.1, 0.15) is 26.2 Å². The lowest BCUT2D eigenvalue weighted by molar-refractivity contribution is -0.141. The Labute approximate surface area is 99.0 Å². The number of carbonyl (C=O) groups is 3. The van der Waals surface area contributed by atoms with Gasteiger partial charge in [0.1, 0.15) is 6.04 Å². The van der Waals surface area contributed by atoms with Crippen LogP contribution in [0.3, 0.4) is 0 Å². The molecule has 1 saturated carbocycles. The van der Waals surface area contributed by atoms with Crippen molar-refractivity contribution in [1.29, 1.82) is 0 Å². The number of carbonyl (C=O) groups excluding carboxylic acids is 2. The van der Waals surface area contributed by atoms with Crippen molar-refractivity contribution in [3.05, 3.63) is 0 Å². The highest BCUT2D eigenvalue weighted by Crippen LogP contribution is 2.22. The van der Waals surface area contributed by atoms with E-state index in [1.54, 1.807) is 6.92 Å². The van der Waals surface area contributed by atoms with Crippen molar-refractivity contribution < 1.29 is 19.5 Å². The van der Waals surface area contributed by atoms with Crippen LogP contribution < -0.4 is 5.32 Å². The highest BCUT2D eigenvalue weighted by molar-refractivity contribution is 5.91. The normalized spacial score (nSPS) is 25.8. The zero-order valence-corrected chi connectivity index (χ0v) is 9.68. The molecule has 0 aromatic heterocycles. The summed E-state index contributed by atoms with van der Waals surface area (Å²) in [6.45, 7) is 1.77. The molecule has 0 radical (unpaired) electrons. The average Bonchev–Trinajstić information content (AvgIpc) is 2.98. The molecule has 0 aromatic rings. The molecule has 94 valence electrons. The second-order valence-corrected chi connectivity index (χ2v) is 4.74. The molecule has 0 bridgehead atoms. The van der Waals surface area contributed by atoms with Crippen LogP contribution in [0.15, 0.2) is 0 Å². The molecule has 2 N–H and O–H groups in total. The van der Waals surface area contributed by atoms with Crippen LogP contribution >= 0.6 is 0 Å². The van der Waals surface area contributed by atoms with Gasteiger partial charge in [0, 0.05) is 19.0 Å². The van der Waals surface area contributed by atoms with Crippen LogP contribution in [0.25, 0.3) is 0 Å².